The molecule has 1 saturated heterocycles. The fourth-order valence-electron chi connectivity index (χ4n) is 5.16. The maximum atomic E-state index is 13.2. The van der Waals surface area contributed by atoms with Crippen molar-refractivity contribution < 1.29 is 4.79 Å². The number of hydrazine groups is 1. The summed E-state index contributed by atoms with van der Waals surface area (Å²) in [6.07, 6.45) is 5.82. The topological polar surface area (TPSA) is 51.2 Å². The van der Waals surface area contributed by atoms with Gasteiger partial charge in [0.05, 0.1) is 16.8 Å². The Morgan fingerprint density at radius 3 is 2.38 bits per heavy atom. The number of piperazine rings is 1. The zero-order valence-electron chi connectivity index (χ0n) is 18.9. The molecule has 180 valence electrons. The van der Waals surface area contributed by atoms with E-state index >= 15 is 0 Å². The number of hydrogen-bond acceptors (Lipinski definition) is 5. The van der Waals surface area contributed by atoms with E-state index in [0.717, 1.165) is 47.0 Å². The van der Waals surface area contributed by atoms with Crippen molar-refractivity contribution in [3.63, 3.8) is 0 Å². The molecule has 1 saturated carbocycles. The lowest BCUT2D eigenvalue weighted by Gasteiger charge is -2.37. The molecule has 1 amide bonds. The molecule has 2 heterocycles. The Balaban J connectivity index is 1.30. The van der Waals surface area contributed by atoms with Crippen LogP contribution in [0.25, 0.3) is 0 Å². The summed E-state index contributed by atoms with van der Waals surface area (Å²) in [5.74, 6) is -0.141. The van der Waals surface area contributed by atoms with Crippen molar-refractivity contribution in [2.75, 3.05) is 31.2 Å². The number of rotatable bonds is 5. The van der Waals surface area contributed by atoms with Crippen molar-refractivity contribution in [1.82, 2.24) is 15.3 Å². The SMILES string of the molecule is O=C(NN1CCN(C2CCCC2)CC1)C1=NN(c2ccc(Cl)cc2Cl)C(c2ccc(I)cc2)C1. The van der Waals surface area contributed by atoms with Gasteiger partial charge in [0.2, 0.25) is 0 Å². The van der Waals surface area contributed by atoms with Crippen molar-refractivity contribution in [2.45, 2.75) is 44.2 Å². The van der Waals surface area contributed by atoms with Crippen LogP contribution in [0.2, 0.25) is 10.0 Å². The molecular weight excluding hydrogens is 584 g/mol. The Bertz CT molecular complexity index is 1070. The molecule has 2 fully saturated rings. The van der Waals surface area contributed by atoms with E-state index in [0.29, 0.717) is 22.2 Å². The predicted molar refractivity (Wildman–Crippen MR) is 146 cm³/mol. The van der Waals surface area contributed by atoms with E-state index in [9.17, 15) is 4.79 Å². The molecule has 1 aliphatic carbocycles. The highest BCUT2D eigenvalue weighted by Crippen LogP contribution is 2.39. The summed E-state index contributed by atoms with van der Waals surface area (Å²) in [7, 11) is 0. The molecule has 0 radical (unpaired) electrons. The van der Waals surface area contributed by atoms with Crippen LogP contribution in [0.15, 0.2) is 47.6 Å². The molecule has 2 aliphatic heterocycles. The average Bonchev–Trinajstić information content (AvgIpc) is 3.51. The van der Waals surface area contributed by atoms with Crippen LogP contribution in [0.1, 0.15) is 43.7 Å². The maximum Gasteiger partial charge on any atom is 0.281 e. The zero-order valence-corrected chi connectivity index (χ0v) is 22.6. The summed E-state index contributed by atoms with van der Waals surface area (Å²) in [6.45, 7) is 3.66. The van der Waals surface area contributed by atoms with E-state index in [2.05, 4.69) is 57.2 Å². The Morgan fingerprint density at radius 2 is 1.71 bits per heavy atom. The third-order valence-corrected chi connectivity index (χ3v) is 8.26. The lowest BCUT2D eigenvalue weighted by molar-refractivity contribution is -0.120. The van der Waals surface area contributed by atoms with Gasteiger partial charge in [-0.3, -0.25) is 20.1 Å². The van der Waals surface area contributed by atoms with Gasteiger partial charge in [-0.05, 0) is 71.3 Å². The van der Waals surface area contributed by atoms with Gasteiger partial charge in [0.25, 0.3) is 5.91 Å². The monoisotopic (exact) mass is 611 g/mol. The number of carbonyl (C=O) groups is 1. The predicted octanol–water partition coefficient (Wildman–Crippen LogP) is 5.50. The fourth-order valence-corrected chi connectivity index (χ4v) is 6.01. The average molecular weight is 612 g/mol. The Morgan fingerprint density at radius 1 is 1.00 bits per heavy atom. The Kier molecular flexibility index (Phi) is 7.65. The molecule has 2 aromatic carbocycles. The first-order chi connectivity index (χ1) is 16.5. The molecule has 2 aromatic rings. The van der Waals surface area contributed by atoms with Crippen LogP contribution in [0, 0.1) is 3.57 Å². The minimum absolute atomic E-state index is 0.115. The molecule has 1 N–H and O–H groups in total. The van der Waals surface area contributed by atoms with Crippen molar-refractivity contribution in [3.8, 4) is 0 Å². The van der Waals surface area contributed by atoms with Gasteiger partial charge in [0.15, 0.2) is 0 Å². The van der Waals surface area contributed by atoms with Crippen LogP contribution in [-0.2, 0) is 4.79 Å². The molecule has 0 spiro atoms. The molecule has 9 heteroatoms. The minimum atomic E-state index is -0.141. The smallest absolute Gasteiger partial charge is 0.281 e. The van der Waals surface area contributed by atoms with Gasteiger partial charge in [0, 0.05) is 47.2 Å². The van der Waals surface area contributed by atoms with E-state index in [1.165, 1.54) is 25.7 Å². The van der Waals surface area contributed by atoms with Crippen LogP contribution in [0.3, 0.4) is 0 Å². The number of halogens is 3. The van der Waals surface area contributed by atoms with Gasteiger partial charge in [-0.15, -0.1) is 0 Å². The van der Waals surface area contributed by atoms with Gasteiger partial charge >= 0.3 is 0 Å². The standard InChI is InChI=1S/C25H28Cl2IN5O/c26-18-7-10-23(21(27)15-18)33-24(17-5-8-19(28)9-6-17)16-22(29-33)25(34)30-32-13-11-31(12-14-32)20-3-1-2-4-20/h5-10,15,20,24H,1-4,11-14,16H2,(H,30,34). The summed E-state index contributed by atoms with van der Waals surface area (Å²) in [4.78, 5) is 15.8. The molecule has 6 nitrogen and oxygen atoms in total. The highest BCUT2D eigenvalue weighted by Gasteiger charge is 2.34. The number of anilines is 1. The van der Waals surface area contributed by atoms with Crippen molar-refractivity contribution in [1.29, 1.82) is 0 Å². The number of amides is 1. The summed E-state index contributed by atoms with van der Waals surface area (Å²) >= 11 is 14.9. The molecule has 1 unspecified atom stereocenters. The number of nitrogens with zero attached hydrogens (tertiary/aromatic N) is 4. The summed E-state index contributed by atoms with van der Waals surface area (Å²) in [6, 6.07) is 14.3. The zero-order chi connectivity index (χ0) is 23.7. The van der Waals surface area contributed by atoms with E-state index in [4.69, 9.17) is 28.3 Å². The second-order valence-corrected chi connectivity index (χ2v) is 11.2. The number of hydrazone groups is 1. The van der Waals surface area contributed by atoms with Crippen molar-refractivity contribution in [2.24, 2.45) is 5.10 Å². The van der Waals surface area contributed by atoms with Crippen molar-refractivity contribution in [3.05, 3.63) is 61.6 Å². The summed E-state index contributed by atoms with van der Waals surface area (Å²) in [5.41, 5.74) is 5.44. The Hall–Kier alpha value is -1.39. The van der Waals surface area contributed by atoms with Crippen LogP contribution >= 0.6 is 45.8 Å². The van der Waals surface area contributed by atoms with Crippen molar-refractivity contribution >= 4 is 63.1 Å². The molecular formula is C25H28Cl2IN5O. The third kappa shape index (κ3) is 5.38. The van der Waals surface area contributed by atoms with Gasteiger partial charge in [-0.2, -0.15) is 5.10 Å². The second kappa shape index (κ2) is 10.7. The number of hydrogen-bond donors (Lipinski definition) is 1. The van der Waals surface area contributed by atoms with Gasteiger partial charge < -0.3 is 0 Å². The summed E-state index contributed by atoms with van der Waals surface area (Å²) in [5, 5.41) is 9.71. The molecule has 5 rings (SSSR count). The third-order valence-electron chi connectivity index (χ3n) is 7.00. The van der Waals surface area contributed by atoms with E-state index < -0.39 is 0 Å². The first kappa shape index (κ1) is 24.3. The lowest BCUT2D eigenvalue weighted by Crippen LogP contribution is -2.56. The largest absolute Gasteiger partial charge is 0.298 e. The molecule has 34 heavy (non-hydrogen) atoms. The van der Waals surface area contributed by atoms with E-state index in [1.54, 1.807) is 12.1 Å². The number of carbonyl (C=O) groups excluding carboxylic acids is 1. The van der Waals surface area contributed by atoms with Gasteiger partial charge in [-0.1, -0.05) is 48.2 Å². The van der Waals surface area contributed by atoms with E-state index in [-0.39, 0.29) is 11.9 Å². The molecule has 0 bridgehead atoms. The first-order valence-corrected chi connectivity index (χ1v) is 13.7. The summed E-state index contributed by atoms with van der Waals surface area (Å²) < 4.78 is 1.16. The fraction of sp³-hybridized carbons (Fsp3) is 0.440. The first-order valence-electron chi connectivity index (χ1n) is 11.8. The number of benzene rings is 2. The van der Waals surface area contributed by atoms with Crippen LogP contribution in [0.4, 0.5) is 5.69 Å². The molecule has 0 aromatic heterocycles. The van der Waals surface area contributed by atoms with Crippen LogP contribution in [-0.4, -0.2) is 53.7 Å². The van der Waals surface area contributed by atoms with Gasteiger partial charge in [0.1, 0.15) is 5.71 Å². The Labute approximate surface area is 224 Å². The van der Waals surface area contributed by atoms with E-state index in [1.807, 2.05) is 16.1 Å². The highest BCUT2D eigenvalue weighted by atomic mass is 127. The van der Waals surface area contributed by atoms with Crippen LogP contribution in [0.5, 0.6) is 0 Å². The number of nitrogens with one attached hydrogen (secondary N) is 1. The molecule has 3 aliphatic rings. The van der Waals surface area contributed by atoms with Crippen LogP contribution < -0.4 is 10.4 Å². The highest BCUT2D eigenvalue weighted by molar-refractivity contribution is 14.1. The lowest BCUT2D eigenvalue weighted by atomic mass is 10.0. The van der Waals surface area contributed by atoms with Gasteiger partial charge in [-0.25, -0.2) is 5.01 Å². The minimum Gasteiger partial charge on any atom is -0.298 e. The normalized spacial score (nSPS) is 22.3. The molecule has 1 atom stereocenters. The second-order valence-electron chi connectivity index (χ2n) is 9.16. The maximum absolute atomic E-state index is 13.2. The quantitative estimate of drug-likeness (QED) is 0.454.